The SMILES string of the molecule is Cc1nccn1-c1ccc(CNC(=O)CN(Cc2ccccc2Cl)S(C)(=O)=O)cc1. The number of nitrogens with zero attached hydrogens (tertiary/aromatic N) is 3. The number of imidazole rings is 1. The minimum absolute atomic E-state index is 0.0326. The maximum absolute atomic E-state index is 12.4. The summed E-state index contributed by atoms with van der Waals surface area (Å²) in [5.74, 6) is 0.498. The molecule has 1 N–H and O–H groups in total. The van der Waals surface area contributed by atoms with Crippen LogP contribution >= 0.6 is 11.6 Å². The van der Waals surface area contributed by atoms with Crippen molar-refractivity contribution in [3.8, 4) is 5.69 Å². The number of hydrogen-bond donors (Lipinski definition) is 1. The highest BCUT2D eigenvalue weighted by Crippen LogP contribution is 2.18. The summed E-state index contributed by atoms with van der Waals surface area (Å²) in [5, 5.41) is 3.23. The van der Waals surface area contributed by atoms with Gasteiger partial charge in [0.05, 0.1) is 12.8 Å². The van der Waals surface area contributed by atoms with Gasteiger partial charge in [-0.3, -0.25) is 4.79 Å². The van der Waals surface area contributed by atoms with Crippen LogP contribution in [0.25, 0.3) is 5.69 Å². The van der Waals surface area contributed by atoms with E-state index in [4.69, 9.17) is 11.6 Å². The molecule has 0 aliphatic heterocycles. The predicted molar refractivity (Wildman–Crippen MR) is 117 cm³/mol. The van der Waals surface area contributed by atoms with E-state index in [-0.39, 0.29) is 19.0 Å². The Labute approximate surface area is 181 Å². The quantitative estimate of drug-likeness (QED) is 0.576. The van der Waals surface area contributed by atoms with Crippen molar-refractivity contribution in [2.75, 3.05) is 12.8 Å². The first-order valence-electron chi connectivity index (χ1n) is 9.28. The van der Waals surface area contributed by atoms with Gasteiger partial charge in [-0.2, -0.15) is 4.31 Å². The van der Waals surface area contributed by atoms with Gasteiger partial charge in [0, 0.05) is 36.2 Å². The molecule has 2 aromatic carbocycles. The summed E-state index contributed by atoms with van der Waals surface area (Å²) in [4.78, 5) is 16.6. The molecular formula is C21H23ClN4O3S. The molecule has 1 amide bonds. The summed E-state index contributed by atoms with van der Waals surface area (Å²) in [6.07, 6.45) is 4.69. The number of aromatic nitrogens is 2. The van der Waals surface area contributed by atoms with Gasteiger partial charge in [-0.15, -0.1) is 0 Å². The molecule has 3 aromatic rings. The summed E-state index contributed by atoms with van der Waals surface area (Å²) in [6, 6.07) is 14.7. The van der Waals surface area contributed by atoms with E-state index in [1.165, 1.54) is 0 Å². The summed E-state index contributed by atoms with van der Waals surface area (Å²) in [7, 11) is -3.59. The van der Waals surface area contributed by atoms with Crippen LogP contribution in [0.3, 0.4) is 0 Å². The number of rotatable bonds is 8. The number of nitrogens with one attached hydrogen (secondary N) is 1. The second kappa shape index (κ2) is 9.42. The maximum Gasteiger partial charge on any atom is 0.235 e. The van der Waals surface area contributed by atoms with Gasteiger partial charge < -0.3 is 9.88 Å². The van der Waals surface area contributed by atoms with Crippen LogP contribution < -0.4 is 5.32 Å². The Hall–Kier alpha value is -2.68. The average molecular weight is 447 g/mol. The molecule has 0 unspecified atom stereocenters. The van der Waals surface area contributed by atoms with Gasteiger partial charge in [-0.1, -0.05) is 41.9 Å². The van der Waals surface area contributed by atoms with Crippen molar-refractivity contribution in [2.45, 2.75) is 20.0 Å². The first-order chi connectivity index (χ1) is 14.2. The molecule has 0 aliphatic rings. The van der Waals surface area contributed by atoms with Gasteiger partial charge in [-0.25, -0.2) is 13.4 Å². The third-order valence-electron chi connectivity index (χ3n) is 4.62. The third-order valence-corrected chi connectivity index (χ3v) is 6.19. The minimum Gasteiger partial charge on any atom is -0.351 e. The lowest BCUT2D eigenvalue weighted by atomic mass is 10.2. The average Bonchev–Trinajstić information content (AvgIpc) is 3.13. The Morgan fingerprint density at radius 2 is 1.87 bits per heavy atom. The second-order valence-corrected chi connectivity index (χ2v) is 9.30. The molecule has 0 radical (unpaired) electrons. The lowest BCUT2D eigenvalue weighted by molar-refractivity contribution is -0.121. The fourth-order valence-corrected chi connectivity index (χ4v) is 3.87. The second-order valence-electron chi connectivity index (χ2n) is 6.91. The van der Waals surface area contributed by atoms with Crippen molar-refractivity contribution < 1.29 is 13.2 Å². The highest BCUT2D eigenvalue weighted by molar-refractivity contribution is 7.88. The Morgan fingerprint density at radius 3 is 2.47 bits per heavy atom. The van der Waals surface area contributed by atoms with Gasteiger partial charge in [0.1, 0.15) is 5.82 Å². The van der Waals surface area contributed by atoms with E-state index < -0.39 is 10.0 Å². The maximum atomic E-state index is 12.4. The smallest absolute Gasteiger partial charge is 0.235 e. The van der Waals surface area contributed by atoms with Crippen LogP contribution in [-0.2, 0) is 27.9 Å². The largest absolute Gasteiger partial charge is 0.351 e. The van der Waals surface area contributed by atoms with Crippen molar-refractivity contribution in [3.05, 3.63) is 82.9 Å². The molecule has 0 atom stereocenters. The monoisotopic (exact) mass is 446 g/mol. The van der Waals surface area contributed by atoms with E-state index in [0.29, 0.717) is 17.1 Å². The van der Waals surface area contributed by atoms with Crippen LogP contribution in [0, 0.1) is 6.92 Å². The van der Waals surface area contributed by atoms with Crippen molar-refractivity contribution in [1.29, 1.82) is 0 Å². The highest BCUT2D eigenvalue weighted by atomic mass is 35.5. The number of aryl methyl sites for hydroxylation is 1. The van der Waals surface area contributed by atoms with Crippen LogP contribution in [0.5, 0.6) is 0 Å². The highest BCUT2D eigenvalue weighted by Gasteiger charge is 2.21. The summed E-state index contributed by atoms with van der Waals surface area (Å²) >= 11 is 6.13. The number of carbonyl (C=O) groups excluding carboxylic acids is 1. The lowest BCUT2D eigenvalue weighted by Gasteiger charge is -2.20. The van der Waals surface area contributed by atoms with Crippen LogP contribution in [-0.4, -0.2) is 41.0 Å². The van der Waals surface area contributed by atoms with Crippen molar-refractivity contribution in [3.63, 3.8) is 0 Å². The minimum atomic E-state index is -3.59. The zero-order valence-corrected chi connectivity index (χ0v) is 18.3. The molecule has 0 saturated carbocycles. The molecular weight excluding hydrogens is 424 g/mol. The molecule has 1 heterocycles. The van der Waals surface area contributed by atoms with Gasteiger partial charge in [0.2, 0.25) is 15.9 Å². The van der Waals surface area contributed by atoms with Gasteiger partial charge in [0.25, 0.3) is 0 Å². The molecule has 1 aromatic heterocycles. The predicted octanol–water partition coefficient (Wildman–Crippen LogP) is 2.91. The Kier molecular flexibility index (Phi) is 6.91. The van der Waals surface area contributed by atoms with E-state index in [2.05, 4.69) is 10.3 Å². The number of sulfonamides is 1. The number of benzene rings is 2. The van der Waals surface area contributed by atoms with E-state index in [1.54, 1.807) is 30.5 Å². The van der Waals surface area contributed by atoms with Gasteiger partial charge in [-0.05, 0) is 36.2 Å². The number of halogens is 1. The van der Waals surface area contributed by atoms with E-state index >= 15 is 0 Å². The molecule has 0 aliphatic carbocycles. The van der Waals surface area contributed by atoms with E-state index in [0.717, 1.165) is 27.6 Å². The topological polar surface area (TPSA) is 84.3 Å². The molecule has 158 valence electrons. The molecule has 0 fully saturated rings. The zero-order chi connectivity index (χ0) is 21.7. The van der Waals surface area contributed by atoms with Crippen molar-refractivity contribution in [2.24, 2.45) is 0 Å². The molecule has 0 saturated heterocycles. The summed E-state index contributed by atoms with van der Waals surface area (Å²) < 4.78 is 27.3. The normalized spacial score (nSPS) is 11.6. The molecule has 0 bridgehead atoms. The summed E-state index contributed by atoms with van der Waals surface area (Å²) in [5.41, 5.74) is 2.52. The first kappa shape index (κ1) is 22.0. The third kappa shape index (κ3) is 5.69. The molecule has 7 nitrogen and oxygen atoms in total. The molecule has 3 rings (SSSR count). The van der Waals surface area contributed by atoms with Crippen LogP contribution in [0.2, 0.25) is 5.02 Å². The fourth-order valence-electron chi connectivity index (χ4n) is 2.95. The molecule has 9 heteroatoms. The van der Waals surface area contributed by atoms with Crippen molar-refractivity contribution >= 4 is 27.5 Å². The van der Waals surface area contributed by atoms with Crippen LogP contribution in [0.4, 0.5) is 0 Å². The molecule has 30 heavy (non-hydrogen) atoms. The Balaban J connectivity index is 1.60. The van der Waals surface area contributed by atoms with E-state index in [1.807, 2.05) is 42.0 Å². The molecule has 0 spiro atoms. The van der Waals surface area contributed by atoms with Gasteiger partial charge >= 0.3 is 0 Å². The number of carbonyl (C=O) groups is 1. The number of hydrogen-bond acceptors (Lipinski definition) is 4. The van der Waals surface area contributed by atoms with Gasteiger partial charge in [0.15, 0.2) is 0 Å². The van der Waals surface area contributed by atoms with Crippen LogP contribution in [0.15, 0.2) is 60.9 Å². The first-order valence-corrected chi connectivity index (χ1v) is 11.5. The lowest BCUT2D eigenvalue weighted by Crippen LogP contribution is -2.39. The zero-order valence-electron chi connectivity index (χ0n) is 16.7. The fraction of sp³-hybridized carbons (Fsp3) is 0.238. The Morgan fingerprint density at radius 1 is 1.17 bits per heavy atom. The Bertz CT molecular complexity index is 1130. The number of amides is 1. The standard InChI is InChI=1S/C21H23ClN4O3S/c1-16-23-11-12-26(16)19-9-7-17(8-10-19)13-24-21(27)15-25(30(2,28)29)14-18-5-3-4-6-20(18)22/h3-12H,13-15H2,1-2H3,(H,24,27). The van der Waals surface area contributed by atoms with E-state index in [9.17, 15) is 13.2 Å². The van der Waals surface area contributed by atoms with Crippen molar-refractivity contribution in [1.82, 2.24) is 19.2 Å². The summed E-state index contributed by atoms with van der Waals surface area (Å²) in [6.45, 7) is 1.97. The van der Waals surface area contributed by atoms with Crippen LogP contribution in [0.1, 0.15) is 17.0 Å².